The number of aliphatic carboxylic acids is 1. The lowest BCUT2D eigenvalue weighted by atomic mass is 10.1. The number of rotatable bonds is 5. The van der Waals surface area contributed by atoms with Gasteiger partial charge < -0.3 is 14.7 Å². The molecule has 0 heterocycles. The van der Waals surface area contributed by atoms with Gasteiger partial charge in [-0.1, -0.05) is 0 Å². The quantitative estimate of drug-likeness (QED) is 0.863. The molecule has 0 saturated carbocycles. The zero-order valence-corrected chi connectivity index (χ0v) is 10.7. The molecule has 1 aromatic carbocycles. The Balaban J connectivity index is 2.76. The van der Waals surface area contributed by atoms with Crippen LogP contribution in [0, 0.1) is 0 Å². The highest BCUT2D eigenvalue weighted by atomic mass is 16.5. The molecule has 5 nitrogen and oxygen atoms in total. The second-order valence-corrected chi connectivity index (χ2v) is 4.09. The Morgan fingerprint density at radius 1 is 1.33 bits per heavy atom. The molecule has 0 aliphatic rings. The Morgan fingerprint density at radius 3 is 2.33 bits per heavy atom. The average Bonchev–Trinajstić information content (AvgIpc) is 2.36. The van der Waals surface area contributed by atoms with Gasteiger partial charge in [-0.2, -0.15) is 0 Å². The number of hydrogen-bond acceptors (Lipinski definition) is 3. The summed E-state index contributed by atoms with van der Waals surface area (Å²) in [6.45, 7) is 1.70. The molecule has 0 spiro atoms. The second-order valence-electron chi connectivity index (χ2n) is 4.09. The van der Waals surface area contributed by atoms with Gasteiger partial charge in [0, 0.05) is 18.7 Å². The predicted octanol–water partition coefficient (Wildman–Crippen LogP) is 1.63. The molecule has 0 radical (unpaired) electrons. The van der Waals surface area contributed by atoms with E-state index >= 15 is 0 Å². The minimum absolute atomic E-state index is 0.0710. The summed E-state index contributed by atoms with van der Waals surface area (Å²) in [5.74, 6) is -0.448. The monoisotopic (exact) mass is 251 g/mol. The maximum absolute atomic E-state index is 12.1. The minimum Gasteiger partial charge on any atom is -0.497 e. The van der Waals surface area contributed by atoms with Crippen LogP contribution in [-0.2, 0) is 4.79 Å². The molecule has 18 heavy (non-hydrogen) atoms. The van der Waals surface area contributed by atoms with Crippen LogP contribution in [0.4, 0.5) is 0 Å². The molecular weight excluding hydrogens is 234 g/mol. The molecule has 1 atom stereocenters. The van der Waals surface area contributed by atoms with E-state index in [1.54, 1.807) is 45.3 Å². The van der Waals surface area contributed by atoms with Crippen LogP contribution in [0.1, 0.15) is 23.7 Å². The summed E-state index contributed by atoms with van der Waals surface area (Å²) in [4.78, 5) is 24.1. The maximum Gasteiger partial charge on any atom is 0.305 e. The first-order valence-electron chi connectivity index (χ1n) is 5.58. The van der Waals surface area contributed by atoms with Crippen molar-refractivity contribution in [2.75, 3.05) is 14.2 Å². The molecule has 1 rings (SSSR count). The Bertz CT molecular complexity index is 427. The van der Waals surface area contributed by atoms with Gasteiger partial charge in [-0.3, -0.25) is 9.59 Å². The Kier molecular flexibility index (Phi) is 4.71. The van der Waals surface area contributed by atoms with E-state index in [9.17, 15) is 9.59 Å². The summed E-state index contributed by atoms with van der Waals surface area (Å²) >= 11 is 0. The smallest absolute Gasteiger partial charge is 0.305 e. The van der Waals surface area contributed by atoms with Gasteiger partial charge in [-0.05, 0) is 31.2 Å². The number of carboxylic acid groups (broad SMARTS) is 1. The molecule has 0 aromatic heterocycles. The minimum atomic E-state index is -0.920. The van der Waals surface area contributed by atoms with Gasteiger partial charge >= 0.3 is 5.97 Å². The summed E-state index contributed by atoms with van der Waals surface area (Å²) in [7, 11) is 3.15. The van der Waals surface area contributed by atoms with E-state index in [2.05, 4.69) is 0 Å². The Morgan fingerprint density at radius 2 is 1.89 bits per heavy atom. The van der Waals surface area contributed by atoms with Crippen LogP contribution < -0.4 is 4.74 Å². The number of ether oxygens (including phenoxy) is 1. The first kappa shape index (κ1) is 14.0. The largest absolute Gasteiger partial charge is 0.497 e. The molecule has 1 amide bonds. The van der Waals surface area contributed by atoms with Gasteiger partial charge in [-0.25, -0.2) is 0 Å². The first-order chi connectivity index (χ1) is 8.45. The molecule has 1 aromatic rings. The fourth-order valence-corrected chi connectivity index (χ4v) is 1.53. The Labute approximate surface area is 106 Å². The zero-order chi connectivity index (χ0) is 13.7. The van der Waals surface area contributed by atoms with Crippen molar-refractivity contribution in [3.8, 4) is 5.75 Å². The topological polar surface area (TPSA) is 66.8 Å². The van der Waals surface area contributed by atoms with E-state index in [1.807, 2.05) is 0 Å². The molecule has 0 saturated heterocycles. The van der Waals surface area contributed by atoms with E-state index in [4.69, 9.17) is 9.84 Å². The number of nitrogens with zero attached hydrogens (tertiary/aromatic N) is 1. The standard InChI is InChI=1S/C13H17NO4/c1-9(8-12(15)16)14(2)13(17)10-4-6-11(18-3)7-5-10/h4-7,9H,8H2,1-3H3,(H,15,16). The van der Waals surface area contributed by atoms with Gasteiger partial charge in [0.25, 0.3) is 5.91 Å². The molecule has 0 bridgehead atoms. The fraction of sp³-hybridized carbons (Fsp3) is 0.385. The van der Waals surface area contributed by atoms with Crippen LogP contribution in [0.2, 0.25) is 0 Å². The van der Waals surface area contributed by atoms with Crippen molar-refractivity contribution in [2.45, 2.75) is 19.4 Å². The van der Waals surface area contributed by atoms with Gasteiger partial charge in [0.05, 0.1) is 13.5 Å². The normalized spacial score (nSPS) is 11.7. The van der Waals surface area contributed by atoms with Crippen LogP contribution in [0.25, 0.3) is 0 Å². The highest BCUT2D eigenvalue weighted by Crippen LogP contribution is 2.14. The highest BCUT2D eigenvalue weighted by molar-refractivity contribution is 5.94. The Hall–Kier alpha value is -2.04. The van der Waals surface area contributed by atoms with Crippen LogP contribution in [0.3, 0.4) is 0 Å². The predicted molar refractivity (Wildman–Crippen MR) is 66.8 cm³/mol. The van der Waals surface area contributed by atoms with Crippen LogP contribution >= 0.6 is 0 Å². The third-order valence-corrected chi connectivity index (χ3v) is 2.79. The molecule has 1 unspecified atom stereocenters. The lowest BCUT2D eigenvalue weighted by Gasteiger charge is -2.23. The zero-order valence-electron chi connectivity index (χ0n) is 10.7. The number of methoxy groups -OCH3 is 1. The lowest BCUT2D eigenvalue weighted by molar-refractivity contribution is -0.137. The molecule has 0 aliphatic heterocycles. The van der Waals surface area contributed by atoms with Crippen LogP contribution in [0.15, 0.2) is 24.3 Å². The molecule has 1 N–H and O–H groups in total. The third-order valence-electron chi connectivity index (χ3n) is 2.79. The van der Waals surface area contributed by atoms with Gasteiger partial charge in [0.2, 0.25) is 0 Å². The van der Waals surface area contributed by atoms with Crippen molar-refractivity contribution in [1.29, 1.82) is 0 Å². The lowest BCUT2D eigenvalue weighted by Crippen LogP contribution is -2.36. The van der Waals surface area contributed by atoms with Crippen molar-refractivity contribution in [3.05, 3.63) is 29.8 Å². The first-order valence-corrected chi connectivity index (χ1v) is 5.58. The van der Waals surface area contributed by atoms with E-state index in [0.29, 0.717) is 11.3 Å². The second kappa shape index (κ2) is 6.05. The summed E-state index contributed by atoms with van der Waals surface area (Å²) in [5, 5.41) is 8.70. The number of carbonyl (C=O) groups excluding carboxylic acids is 1. The average molecular weight is 251 g/mol. The summed E-state index contributed by atoms with van der Waals surface area (Å²) < 4.78 is 5.01. The van der Waals surface area contributed by atoms with Crippen molar-refractivity contribution >= 4 is 11.9 Å². The molecular formula is C13H17NO4. The van der Waals surface area contributed by atoms with Crippen molar-refractivity contribution in [3.63, 3.8) is 0 Å². The van der Waals surface area contributed by atoms with Gasteiger partial charge in [0.15, 0.2) is 0 Å². The molecule has 98 valence electrons. The number of hydrogen-bond donors (Lipinski definition) is 1. The van der Waals surface area contributed by atoms with E-state index in [1.165, 1.54) is 4.90 Å². The van der Waals surface area contributed by atoms with E-state index in [0.717, 1.165) is 0 Å². The number of benzene rings is 1. The van der Waals surface area contributed by atoms with Crippen molar-refractivity contribution < 1.29 is 19.4 Å². The number of carboxylic acids is 1. The molecule has 0 aliphatic carbocycles. The van der Waals surface area contributed by atoms with Crippen LogP contribution in [-0.4, -0.2) is 42.1 Å². The fourth-order valence-electron chi connectivity index (χ4n) is 1.53. The summed E-state index contributed by atoms with van der Waals surface area (Å²) in [6.07, 6.45) is -0.0710. The SMILES string of the molecule is COc1ccc(C(=O)N(C)C(C)CC(=O)O)cc1. The van der Waals surface area contributed by atoms with Gasteiger partial charge in [0.1, 0.15) is 5.75 Å². The summed E-state index contributed by atoms with van der Waals surface area (Å²) in [6, 6.07) is 6.36. The number of amides is 1. The third kappa shape index (κ3) is 3.48. The van der Waals surface area contributed by atoms with Crippen molar-refractivity contribution in [2.24, 2.45) is 0 Å². The van der Waals surface area contributed by atoms with Crippen LogP contribution in [0.5, 0.6) is 5.75 Å². The number of carbonyl (C=O) groups is 2. The highest BCUT2D eigenvalue weighted by Gasteiger charge is 2.19. The van der Waals surface area contributed by atoms with E-state index < -0.39 is 5.97 Å². The van der Waals surface area contributed by atoms with E-state index in [-0.39, 0.29) is 18.4 Å². The van der Waals surface area contributed by atoms with Crippen molar-refractivity contribution in [1.82, 2.24) is 4.90 Å². The molecule has 0 fully saturated rings. The van der Waals surface area contributed by atoms with Gasteiger partial charge in [-0.15, -0.1) is 0 Å². The molecule has 5 heteroatoms. The summed E-state index contributed by atoms with van der Waals surface area (Å²) in [5.41, 5.74) is 0.510. The maximum atomic E-state index is 12.1.